The zero-order valence-electron chi connectivity index (χ0n) is 14.2. The molecule has 0 aliphatic rings. The van der Waals surface area contributed by atoms with Gasteiger partial charge >= 0.3 is 0 Å². The van der Waals surface area contributed by atoms with Crippen molar-refractivity contribution in [3.63, 3.8) is 0 Å². The summed E-state index contributed by atoms with van der Waals surface area (Å²) in [5.41, 5.74) is 8.05. The Kier molecular flexibility index (Phi) is 7.30. The van der Waals surface area contributed by atoms with E-state index in [0.29, 0.717) is 19.6 Å². The number of nitrogens with two attached hydrogens (primary N) is 1. The molecule has 2 rings (SSSR count). The first-order valence-electron chi connectivity index (χ1n) is 8.48. The summed E-state index contributed by atoms with van der Waals surface area (Å²) in [5, 5.41) is 2.89. The lowest BCUT2D eigenvalue weighted by molar-refractivity contribution is -0.122. The third kappa shape index (κ3) is 6.05. The van der Waals surface area contributed by atoms with Gasteiger partial charge in [-0.3, -0.25) is 4.79 Å². The first-order valence-corrected chi connectivity index (χ1v) is 8.48. The summed E-state index contributed by atoms with van der Waals surface area (Å²) >= 11 is 0. The van der Waals surface area contributed by atoms with E-state index in [-0.39, 0.29) is 5.91 Å². The molecule has 1 amide bonds. The third-order valence-corrected chi connectivity index (χ3v) is 3.77. The Morgan fingerprint density at radius 2 is 1.88 bits per heavy atom. The Morgan fingerprint density at radius 3 is 2.62 bits per heavy atom. The van der Waals surface area contributed by atoms with Crippen molar-refractivity contribution in [2.45, 2.75) is 38.8 Å². The number of ether oxygens (including phenoxy) is 1. The Bertz CT molecular complexity index is 629. The molecule has 2 aromatic rings. The molecule has 3 N–H and O–H groups in total. The largest absolute Gasteiger partial charge is 0.494 e. The third-order valence-electron chi connectivity index (χ3n) is 3.77. The lowest BCUT2D eigenvalue weighted by atomic mass is 10.1. The number of unbranched alkanes of at least 4 members (excludes halogenated alkanes) is 1. The minimum absolute atomic E-state index is 0.142. The van der Waals surface area contributed by atoms with Crippen LogP contribution in [-0.2, 0) is 17.8 Å². The summed E-state index contributed by atoms with van der Waals surface area (Å²) in [6, 6.07) is 17.0. The van der Waals surface area contributed by atoms with Crippen LogP contribution in [0, 0.1) is 0 Å². The molecule has 0 radical (unpaired) electrons. The molecule has 0 saturated carbocycles. The van der Waals surface area contributed by atoms with Crippen LogP contribution in [-0.4, -0.2) is 18.6 Å². The number of benzene rings is 2. The van der Waals surface area contributed by atoms with Gasteiger partial charge in [-0.25, -0.2) is 0 Å². The summed E-state index contributed by atoms with van der Waals surface area (Å²) in [4.78, 5) is 12.1. The highest BCUT2D eigenvalue weighted by Gasteiger charge is 2.13. The topological polar surface area (TPSA) is 64.3 Å². The maximum absolute atomic E-state index is 12.1. The summed E-state index contributed by atoms with van der Waals surface area (Å²) < 4.78 is 5.68. The van der Waals surface area contributed by atoms with E-state index < -0.39 is 6.04 Å². The molecule has 128 valence electrons. The zero-order valence-corrected chi connectivity index (χ0v) is 14.2. The van der Waals surface area contributed by atoms with Crippen molar-refractivity contribution in [3.05, 3.63) is 65.7 Å². The van der Waals surface area contributed by atoms with Crippen molar-refractivity contribution in [3.8, 4) is 5.75 Å². The van der Waals surface area contributed by atoms with Crippen molar-refractivity contribution in [2.24, 2.45) is 5.73 Å². The highest BCUT2D eigenvalue weighted by molar-refractivity contribution is 5.81. The van der Waals surface area contributed by atoms with Crippen molar-refractivity contribution >= 4 is 5.91 Å². The van der Waals surface area contributed by atoms with Crippen molar-refractivity contribution in [2.75, 3.05) is 6.61 Å². The molecule has 1 unspecified atom stereocenters. The lowest BCUT2D eigenvalue weighted by Crippen LogP contribution is -2.41. The standard InChI is InChI=1S/C20H26N2O2/c1-2-3-12-24-18-11-7-10-17(13-18)15-22-20(23)19(21)14-16-8-5-4-6-9-16/h4-11,13,19H,2-3,12,14-15,21H2,1H3,(H,22,23). The van der Waals surface area contributed by atoms with Crippen molar-refractivity contribution < 1.29 is 9.53 Å². The zero-order chi connectivity index (χ0) is 17.2. The summed E-state index contributed by atoms with van der Waals surface area (Å²) in [5.74, 6) is 0.694. The second-order valence-electron chi connectivity index (χ2n) is 5.86. The van der Waals surface area contributed by atoms with E-state index >= 15 is 0 Å². The average molecular weight is 326 g/mol. The van der Waals surface area contributed by atoms with Gasteiger partial charge in [-0.15, -0.1) is 0 Å². The van der Waals surface area contributed by atoms with Crippen LogP contribution in [0.25, 0.3) is 0 Å². The highest BCUT2D eigenvalue weighted by Crippen LogP contribution is 2.13. The van der Waals surface area contributed by atoms with Crippen LogP contribution in [0.15, 0.2) is 54.6 Å². The van der Waals surface area contributed by atoms with E-state index in [9.17, 15) is 4.79 Å². The Hall–Kier alpha value is -2.33. The van der Waals surface area contributed by atoms with Gasteiger partial charge in [0.1, 0.15) is 5.75 Å². The number of rotatable bonds is 9. The number of nitrogens with one attached hydrogen (secondary N) is 1. The number of hydrogen-bond acceptors (Lipinski definition) is 3. The number of carbonyl (C=O) groups is 1. The molecule has 2 aromatic carbocycles. The maximum atomic E-state index is 12.1. The molecule has 0 bridgehead atoms. The van der Waals surface area contributed by atoms with Gasteiger partial charge in [-0.05, 0) is 36.1 Å². The fraction of sp³-hybridized carbons (Fsp3) is 0.350. The van der Waals surface area contributed by atoms with Crippen molar-refractivity contribution in [1.29, 1.82) is 0 Å². The predicted molar refractivity (Wildman–Crippen MR) is 96.8 cm³/mol. The molecule has 0 aliphatic carbocycles. The molecule has 0 aromatic heterocycles. The molecule has 0 fully saturated rings. The maximum Gasteiger partial charge on any atom is 0.237 e. The average Bonchev–Trinajstić information content (AvgIpc) is 2.61. The number of amides is 1. The quantitative estimate of drug-likeness (QED) is 0.696. The van der Waals surface area contributed by atoms with Gasteiger partial charge in [0.15, 0.2) is 0 Å². The predicted octanol–water partition coefficient (Wildman–Crippen LogP) is 3.05. The Morgan fingerprint density at radius 1 is 1.12 bits per heavy atom. The van der Waals surface area contributed by atoms with E-state index in [4.69, 9.17) is 10.5 Å². The first kappa shape index (κ1) is 18.0. The Labute approximate surface area is 144 Å². The monoisotopic (exact) mass is 326 g/mol. The van der Waals surface area contributed by atoms with Crippen LogP contribution in [0.1, 0.15) is 30.9 Å². The van der Waals surface area contributed by atoms with E-state index in [1.807, 2.05) is 54.6 Å². The Balaban J connectivity index is 1.81. The van der Waals surface area contributed by atoms with E-state index in [2.05, 4.69) is 12.2 Å². The molecular formula is C20H26N2O2. The van der Waals surface area contributed by atoms with E-state index in [0.717, 1.165) is 29.7 Å². The number of carbonyl (C=O) groups excluding carboxylic acids is 1. The minimum Gasteiger partial charge on any atom is -0.494 e. The van der Waals surface area contributed by atoms with Crippen LogP contribution >= 0.6 is 0 Å². The van der Waals surface area contributed by atoms with Gasteiger partial charge in [0, 0.05) is 6.54 Å². The van der Waals surface area contributed by atoms with Crippen LogP contribution < -0.4 is 15.8 Å². The molecule has 0 spiro atoms. The molecule has 0 aliphatic heterocycles. The van der Waals surface area contributed by atoms with Crippen LogP contribution in [0.5, 0.6) is 5.75 Å². The van der Waals surface area contributed by atoms with Gasteiger partial charge in [-0.1, -0.05) is 55.8 Å². The molecule has 1 atom stereocenters. The van der Waals surface area contributed by atoms with Gasteiger partial charge in [0.05, 0.1) is 12.6 Å². The second kappa shape index (κ2) is 9.73. The molecular weight excluding hydrogens is 300 g/mol. The number of hydrogen-bond donors (Lipinski definition) is 2. The molecule has 24 heavy (non-hydrogen) atoms. The van der Waals surface area contributed by atoms with Crippen molar-refractivity contribution in [1.82, 2.24) is 5.32 Å². The molecule has 0 saturated heterocycles. The summed E-state index contributed by atoms with van der Waals surface area (Å²) in [6.45, 7) is 3.30. The normalized spacial score (nSPS) is 11.8. The van der Waals surface area contributed by atoms with Gasteiger partial charge in [-0.2, -0.15) is 0 Å². The molecule has 4 nitrogen and oxygen atoms in total. The van der Waals surface area contributed by atoms with Crippen LogP contribution in [0.4, 0.5) is 0 Å². The van der Waals surface area contributed by atoms with E-state index in [1.54, 1.807) is 0 Å². The lowest BCUT2D eigenvalue weighted by Gasteiger charge is -2.13. The SMILES string of the molecule is CCCCOc1cccc(CNC(=O)C(N)Cc2ccccc2)c1. The van der Waals surface area contributed by atoms with Crippen LogP contribution in [0.2, 0.25) is 0 Å². The summed E-state index contributed by atoms with van der Waals surface area (Å²) in [7, 11) is 0. The van der Waals surface area contributed by atoms with E-state index in [1.165, 1.54) is 0 Å². The van der Waals surface area contributed by atoms with Gasteiger partial charge in [0.2, 0.25) is 5.91 Å². The fourth-order valence-electron chi connectivity index (χ4n) is 2.36. The fourth-order valence-corrected chi connectivity index (χ4v) is 2.36. The van der Waals surface area contributed by atoms with Gasteiger partial charge in [0.25, 0.3) is 0 Å². The summed E-state index contributed by atoms with van der Waals surface area (Å²) in [6.07, 6.45) is 2.68. The van der Waals surface area contributed by atoms with Gasteiger partial charge < -0.3 is 15.8 Å². The first-order chi connectivity index (χ1) is 11.7. The van der Waals surface area contributed by atoms with Crippen LogP contribution in [0.3, 0.4) is 0 Å². The highest BCUT2D eigenvalue weighted by atomic mass is 16.5. The smallest absolute Gasteiger partial charge is 0.237 e. The molecule has 0 heterocycles. The minimum atomic E-state index is -0.545. The second-order valence-corrected chi connectivity index (χ2v) is 5.86. The molecule has 4 heteroatoms.